The molecule has 0 unspecified atom stereocenters. The van der Waals surface area contributed by atoms with E-state index in [1.54, 1.807) is 0 Å². The Morgan fingerprint density at radius 2 is 2.30 bits per heavy atom. The van der Waals surface area contributed by atoms with Gasteiger partial charge < -0.3 is 9.30 Å². The van der Waals surface area contributed by atoms with Gasteiger partial charge in [0.05, 0.1) is 18.2 Å². The van der Waals surface area contributed by atoms with Crippen LogP contribution in [-0.4, -0.2) is 32.5 Å². The minimum absolute atomic E-state index is 0.258. The van der Waals surface area contributed by atoms with Gasteiger partial charge in [-0.2, -0.15) is 10.1 Å². The fourth-order valence-corrected chi connectivity index (χ4v) is 3.03. The Morgan fingerprint density at radius 3 is 3.15 bits per heavy atom. The quantitative estimate of drug-likeness (QED) is 0.736. The van der Waals surface area contributed by atoms with E-state index < -0.39 is 0 Å². The largest absolute Gasteiger partial charge is 0.376 e. The molecule has 102 valence electrons. The van der Waals surface area contributed by atoms with Crippen LogP contribution >= 0.6 is 12.2 Å². The zero-order valence-electron chi connectivity index (χ0n) is 10.9. The van der Waals surface area contributed by atoms with E-state index in [1.807, 2.05) is 12.1 Å². The average molecular weight is 286 g/mol. The Hall–Kier alpha value is -1.79. The number of H-pyrrole nitrogens is 1. The highest BCUT2D eigenvalue weighted by atomic mass is 32.1. The molecule has 0 aliphatic carbocycles. The molecule has 6 heteroatoms. The lowest BCUT2D eigenvalue weighted by Gasteiger charge is -2.12. The Bertz CT molecular complexity index is 832. The van der Waals surface area contributed by atoms with Crippen LogP contribution in [0.1, 0.15) is 12.8 Å². The molecule has 1 aromatic carbocycles. The lowest BCUT2D eigenvalue weighted by atomic mass is 10.2. The molecular weight excluding hydrogens is 272 g/mol. The molecular formula is C14H14N4OS. The fraction of sp³-hybridized carbons (Fsp3) is 0.357. The van der Waals surface area contributed by atoms with Crippen LogP contribution in [0.4, 0.5) is 0 Å². The molecule has 1 fully saturated rings. The normalized spacial score (nSPS) is 19.1. The number of benzene rings is 1. The lowest BCUT2D eigenvalue weighted by molar-refractivity contribution is 0.0988. The van der Waals surface area contributed by atoms with Crippen molar-refractivity contribution in [2.45, 2.75) is 25.5 Å². The standard InChI is InChI=1S/C14H14N4OS/c20-14-15-13-12(16-17-14)10-5-1-2-6-11(10)18(13)8-9-4-3-7-19-9/h1-2,5-6,9H,3-4,7-8H2,(H,15,17,20)/t9-/m0/s1. The molecule has 2 aromatic heterocycles. The van der Waals surface area contributed by atoms with Crippen LogP contribution < -0.4 is 0 Å². The number of aromatic nitrogens is 4. The van der Waals surface area contributed by atoms with Crippen molar-refractivity contribution in [1.82, 2.24) is 19.7 Å². The van der Waals surface area contributed by atoms with Gasteiger partial charge in [0.2, 0.25) is 4.77 Å². The van der Waals surface area contributed by atoms with Crippen molar-refractivity contribution in [3.63, 3.8) is 0 Å². The molecule has 1 aliphatic heterocycles. The average Bonchev–Trinajstić information content (AvgIpc) is 3.07. The summed E-state index contributed by atoms with van der Waals surface area (Å²) < 4.78 is 8.34. The van der Waals surface area contributed by atoms with Crippen molar-refractivity contribution < 1.29 is 4.74 Å². The molecule has 20 heavy (non-hydrogen) atoms. The Labute approximate surface area is 120 Å². The predicted molar refractivity (Wildman–Crippen MR) is 79.2 cm³/mol. The first-order chi connectivity index (χ1) is 9.83. The molecule has 5 nitrogen and oxygen atoms in total. The summed E-state index contributed by atoms with van der Waals surface area (Å²) in [7, 11) is 0. The third kappa shape index (κ3) is 1.83. The molecule has 1 saturated heterocycles. The zero-order valence-corrected chi connectivity index (χ0v) is 11.7. The van der Waals surface area contributed by atoms with E-state index in [4.69, 9.17) is 17.0 Å². The molecule has 4 rings (SSSR count). The highest BCUT2D eigenvalue weighted by Gasteiger charge is 2.20. The van der Waals surface area contributed by atoms with Crippen LogP contribution in [-0.2, 0) is 11.3 Å². The maximum absolute atomic E-state index is 5.75. The van der Waals surface area contributed by atoms with E-state index in [9.17, 15) is 0 Å². The van der Waals surface area contributed by atoms with Crippen molar-refractivity contribution in [3.05, 3.63) is 29.0 Å². The third-order valence-corrected chi connectivity index (χ3v) is 3.98. The third-order valence-electron chi connectivity index (χ3n) is 3.80. The van der Waals surface area contributed by atoms with E-state index in [1.165, 1.54) is 0 Å². The van der Waals surface area contributed by atoms with Gasteiger partial charge in [0.15, 0.2) is 5.65 Å². The highest BCUT2D eigenvalue weighted by Crippen LogP contribution is 2.27. The summed E-state index contributed by atoms with van der Waals surface area (Å²) >= 11 is 5.11. The van der Waals surface area contributed by atoms with Crippen molar-refractivity contribution in [2.24, 2.45) is 0 Å². The summed E-state index contributed by atoms with van der Waals surface area (Å²) in [6.07, 6.45) is 2.49. The van der Waals surface area contributed by atoms with Gasteiger partial charge in [-0.1, -0.05) is 18.2 Å². The minimum atomic E-state index is 0.258. The summed E-state index contributed by atoms with van der Waals surface area (Å²) in [6.45, 7) is 1.66. The first-order valence-corrected chi connectivity index (χ1v) is 7.19. The zero-order chi connectivity index (χ0) is 13.5. The van der Waals surface area contributed by atoms with Crippen LogP contribution in [0.25, 0.3) is 22.1 Å². The number of hydrogen-bond donors (Lipinski definition) is 1. The summed E-state index contributed by atoms with van der Waals surface area (Å²) in [4.78, 5) is 4.46. The smallest absolute Gasteiger partial charge is 0.215 e. The molecule has 0 bridgehead atoms. The van der Waals surface area contributed by atoms with Gasteiger partial charge in [0.1, 0.15) is 5.52 Å². The molecule has 0 amide bonds. The summed E-state index contributed by atoms with van der Waals surface area (Å²) in [5, 5.41) is 8.23. The molecule has 3 heterocycles. The molecule has 1 N–H and O–H groups in total. The van der Waals surface area contributed by atoms with Gasteiger partial charge in [-0.25, -0.2) is 0 Å². The number of fused-ring (bicyclic) bond motifs is 3. The van der Waals surface area contributed by atoms with Gasteiger partial charge in [-0.3, -0.25) is 5.10 Å². The van der Waals surface area contributed by atoms with Crippen LogP contribution in [0.2, 0.25) is 0 Å². The SMILES string of the molecule is S=c1nc2c(n[nH]1)c1ccccc1n2C[C@@H]1CCCO1. The molecule has 0 saturated carbocycles. The Morgan fingerprint density at radius 1 is 1.40 bits per heavy atom. The summed E-state index contributed by atoms with van der Waals surface area (Å²) in [5.41, 5.74) is 2.84. The summed E-state index contributed by atoms with van der Waals surface area (Å²) in [5.74, 6) is 0. The van der Waals surface area contributed by atoms with Gasteiger partial charge >= 0.3 is 0 Å². The molecule has 0 spiro atoms. The van der Waals surface area contributed by atoms with Gasteiger partial charge in [-0.15, -0.1) is 0 Å². The molecule has 0 radical (unpaired) electrons. The van der Waals surface area contributed by atoms with E-state index in [0.29, 0.717) is 4.77 Å². The van der Waals surface area contributed by atoms with Crippen molar-refractivity contribution in [3.8, 4) is 0 Å². The number of aromatic amines is 1. The first-order valence-electron chi connectivity index (χ1n) is 6.78. The maximum atomic E-state index is 5.75. The van der Waals surface area contributed by atoms with Crippen LogP contribution in [0.3, 0.4) is 0 Å². The minimum Gasteiger partial charge on any atom is -0.376 e. The van der Waals surface area contributed by atoms with E-state index >= 15 is 0 Å². The first kappa shape index (κ1) is 12.0. The number of nitrogens with zero attached hydrogens (tertiary/aromatic N) is 3. The second-order valence-electron chi connectivity index (χ2n) is 5.08. The second-order valence-corrected chi connectivity index (χ2v) is 5.46. The van der Waals surface area contributed by atoms with Crippen molar-refractivity contribution in [1.29, 1.82) is 0 Å². The highest BCUT2D eigenvalue weighted by molar-refractivity contribution is 7.71. The second kappa shape index (κ2) is 4.64. The van der Waals surface area contributed by atoms with E-state index in [2.05, 4.69) is 31.9 Å². The monoisotopic (exact) mass is 286 g/mol. The van der Waals surface area contributed by atoms with E-state index in [-0.39, 0.29) is 6.10 Å². The Kier molecular flexibility index (Phi) is 2.78. The van der Waals surface area contributed by atoms with Crippen molar-refractivity contribution in [2.75, 3.05) is 6.61 Å². The van der Waals surface area contributed by atoms with Gasteiger partial charge in [0.25, 0.3) is 0 Å². The van der Waals surface area contributed by atoms with E-state index in [0.717, 1.165) is 48.1 Å². The topological polar surface area (TPSA) is 55.7 Å². The molecule has 3 aromatic rings. The van der Waals surface area contributed by atoms with Crippen molar-refractivity contribution >= 4 is 34.3 Å². The van der Waals surface area contributed by atoms with Crippen LogP contribution in [0, 0.1) is 4.77 Å². The van der Waals surface area contributed by atoms with Crippen LogP contribution in [0.5, 0.6) is 0 Å². The van der Waals surface area contributed by atoms with Gasteiger partial charge in [0, 0.05) is 12.0 Å². The number of ether oxygens (including phenoxy) is 1. The molecule has 1 atom stereocenters. The molecule has 1 aliphatic rings. The van der Waals surface area contributed by atoms with Gasteiger partial charge in [-0.05, 0) is 31.1 Å². The fourth-order valence-electron chi connectivity index (χ4n) is 2.90. The predicted octanol–water partition coefficient (Wildman–Crippen LogP) is 2.82. The number of hydrogen-bond acceptors (Lipinski definition) is 4. The summed E-state index contributed by atoms with van der Waals surface area (Å²) in [6, 6.07) is 8.21. The maximum Gasteiger partial charge on any atom is 0.215 e. The number of nitrogens with one attached hydrogen (secondary N) is 1. The number of para-hydroxylation sites is 1. The van der Waals surface area contributed by atoms with Crippen LogP contribution in [0.15, 0.2) is 24.3 Å². The Balaban J connectivity index is 1.98. The number of rotatable bonds is 2. The lowest BCUT2D eigenvalue weighted by Crippen LogP contribution is -2.15.